The number of ether oxygens (including phenoxy) is 1. The largest absolute Gasteiger partial charge is 0.700 e. The van der Waals surface area contributed by atoms with E-state index in [1.807, 2.05) is 6.92 Å². The quantitative estimate of drug-likeness (QED) is 0.285. The van der Waals surface area contributed by atoms with Crippen LogP contribution in [0.1, 0.15) is 20.3 Å². The summed E-state index contributed by atoms with van der Waals surface area (Å²) in [5, 5.41) is 0. The number of hydrogen-bond acceptors (Lipinski definition) is 5. The lowest BCUT2D eigenvalue weighted by Crippen LogP contribution is -2.06. The van der Waals surface area contributed by atoms with Gasteiger partial charge in [-0.05, 0) is 13.3 Å². The number of carbonyl (C=O) groups is 1. The molecule has 0 aliphatic rings. The van der Waals surface area contributed by atoms with E-state index in [0.717, 1.165) is 6.42 Å². The van der Waals surface area contributed by atoms with Crippen LogP contribution in [0.5, 0.6) is 0 Å². The van der Waals surface area contributed by atoms with Crippen LogP contribution in [0.2, 0.25) is 0 Å². The molecule has 0 aliphatic heterocycles. The fourth-order valence-corrected chi connectivity index (χ4v) is 0.994. The Hall–Kier alpha value is -0.770. The summed E-state index contributed by atoms with van der Waals surface area (Å²) < 4.78 is 24.6. The van der Waals surface area contributed by atoms with Gasteiger partial charge in [-0.1, -0.05) is 18.0 Å². The van der Waals surface area contributed by atoms with Crippen molar-refractivity contribution < 1.29 is 23.1 Å². The van der Waals surface area contributed by atoms with Gasteiger partial charge in [0.05, 0.1) is 0 Å². The van der Waals surface area contributed by atoms with E-state index in [2.05, 4.69) is 15.8 Å². The molecule has 0 fully saturated rings. The highest BCUT2D eigenvalue weighted by Gasteiger charge is 2.20. The van der Waals surface area contributed by atoms with Crippen LogP contribution in [0.4, 0.5) is 0 Å². The SMILES string of the molecule is C=C(C)C(=O)OCO[P+](=O)OCCC. The van der Waals surface area contributed by atoms with Crippen LogP contribution >= 0.6 is 8.25 Å². The Labute approximate surface area is 84.0 Å². The third-order valence-electron chi connectivity index (χ3n) is 1.10. The van der Waals surface area contributed by atoms with Gasteiger partial charge in [0.25, 0.3) is 0 Å². The van der Waals surface area contributed by atoms with E-state index < -0.39 is 14.2 Å². The fourth-order valence-electron chi connectivity index (χ4n) is 0.449. The normalized spacial score (nSPS) is 10.9. The molecule has 0 N–H and O–H groups in total. The van der Waals surface area contributed by atoms with E-state index in [4.69, 9.17) is 4.52 Å². The zero-order valence-electron chi connectivity index (χ0n) is 8.32. The third-order valence-corrected chi connectivity index (χ3v) is 1.81. The van der Waals surface area contributed by atoms with E-state index in [-0.39, 0.29) is 12.4 Å². The summed E-state index contributed by atoms with van der Waals surface area (Å²) in [4.78, 5) is 10.8. The first-order valence-corrected chi connectivity index (χ1v) is 5.23. The molecule has 6 heteroatoms. The number of rotatable bonds is 7. The zero-order chi connectivity index (χ0) is 11.0. The molecule has 0 spiro atoms. The number of hydrogen-bond donors (Lipinski definition) is 0. The molecule has 0 aromatic carbocycles. The van der Waals surface area contributed by atoms with E-state index >= 15 is 0 Å². The summed E-state index contributed by atoms with van der Waals surface area (Å²) in [5.41, 5.74) is 0.262. The van der Waals surface area contributed by atoms with Crippen molar-refractivity contribution in [3.8, 4) is 0 Å². The molecule has 5 nitrogen and oxygen atoms in total. The third kappa shape index (κ3) is 6.71. The molecule has 0 aromatic rings. The first kappa shape index (κ1) is 13.2. The van der Waals surface area contributed by atoms with Crippen molar-refractivity contribution in [2.75, 3.05) is 13.4 Å². The minimum atomic E-state index is -2.19. The Morgan fingerprint density at radius 3 is 2.57 bits per heavy atom. The van der Waals surface area contributed by atoms with Crippen molar-refractivity contribution in [1.29, 1.82) is 0 Å². The van der Waals surface area contributed by atoms with Crippen molar-refractivity contribution >= 4 is 14.2 Å². The summed E-state index contributed by atoms with van der Waals surface area (Å²) in [6.45, 7) is 6.72. The summed E-state index contributed by atoms with van der Waals surface area (Å²) >= 11 is 0. The Morgan fingerprint density at radius 1 is 1.43 bits per heavy atom. The molecule has 0 rings (SSSR count). The molecular formula is C8H14O5P+. The van der Waals surface area contributed by atoms with Gasteiger partial charge in [-0.15, -0.1) is 4.52 Å². The van der Waals surface area contributed by atoms with E-state index in [9.17, 15) is 9.36 Å². The summed E-state index contributed by atoms with van der Waals surface area (Å²) in [6.07, 6.45) is 0.746. The molecular weight excluding hydrogens is 207 g/mol. The summed E-state index contributed by atoms with van der Waals surface area (Å²) in [5.74, 6) is -0.580. The second-order valence-corrected chi connectivity index (χ2v) is 3.48. The summed E-state index contributed by atoms with van der Waals surface area (Å²) in [7, 11) is -2.19. The van der Waals surface area contributed by atoms with Crippen molar-refractivity contribution in [1.82, 2.24) is 0 Å². The van der Waals surface area contributed by atoms with E-state index in [0.29, 0.717) is 6.61 Å². The van der Waals surface area contributed by atoms with Crippen molar-refractivity contribution in [2.24, 2.45) is 0 Å². The van der Waals surface area contributed by atoms with Gasteiger partial charge in [-0.3, -0.25) is 0 Å². The van der Waals surface area contributed by atoms with Gasteiger partial charge in [0.15, 0.2) is 0 Å². The maximum atomic E-state index is 10.8. The smallest absolute Gasteiger partial charge is 0.430 e. The fraction of sp³-hybridized carbons (Fsp3) is 0.625. The lowest BCUT2D eigenvalue weighted by atomic mass is 10.4. The first-order valence-electron chi connectivity index (χ1n) is 4.13. The molecule has 80 valence electrons. The zero-order valence-corrected chi connectivity index (χ0v) is 9.21. The minimum absolute atomic E-state index is 0.262. The highest BCUT2D eigenvalue weighted by molar-refractivity contribution is 7.33. The van der Waals surface area contributed by atoms with E-state index in [1.54, 1.807) is 0 Å². The standard InChI is InChI=1S/C8H14O5P/c1-4-5-12-14(10)13-6-11-8(9)7(2)3/h2,4-6H2,1,3H3/q+1. The molecule has 0 aromatic heterocycles. The van der Waals surface area contributed by atoms with Crippen LogP contribution in [-0.2, 0) is 23.1 Å². The maximum absolute atomic E-state index is 10.8. The average molecular weight is 221 g/mol. The second kappa shape index (κ2) is 7.62. The number of carbonyl (C=O) groups excluding carboxylic acids is 1. The van der Waals surface area contributed by atoms with Gasteiger partial charge in [0.1, 0.15) is 6.61 Å². The second-order valence-electron chi connectivity index (χ2n) is 2.52. The van der Waals surface area contributed by atoms with Gasteiger partial charge >= 0.3 is 14.2 Å². The molecule has 0 bridgehead atoms. The maximum Gasteiger partial charge on any atom is 0.700 e. The molecule has 0 aliphatic carbocycles. The number of esters is 1. The monoisotopic (exact) mass is 221 g/mol. The van der Waals surface area contributed by atoms with E-state index in [1.165, 1.54) is 6.92 Å². The van der Waals surface area contributed by atoms with Crippen molar-refractivity contribution in [3.63, 3.8) is 0 Å². The Kier molecular flexibility index (Phi) is 7.20. The van der Waals surface area contributed by atoms with Crippen LogP contribution in [0, 0.1) is 0 Å². The predicted octanol–water partition coefficient (Wildman–Crippen LogP) is 2.16. The van der Waals surface area contributed by atoms with Crippen LogP contribution in [-0.4, -0.2) is 19.4 Å². The Morgan fingerprint density at radius 2 is 2.07 bits per heavy atom. The molecule has 0 saturated heterocycles. The average Bonchev–Trinajstić information content (AvgIpc) is 2.14. The highest BCUT2D eigenvalue weighted by atomic mass is 31.1. The lowest BCUT2D eigenvalue weighted by Gasteiger charge is -1.97. The van der Waals surface area contributed by atoms with Crippen molar-refractivity contribution in [2.45, 2.75) is 20.3 Å². The van der Waals surface area contributed by atoms with Crippen LogP contribution in [0.25, 0.3) is 0 Å². The van der Waals surface area contributed by atoms with Gasteiger partial charge < -0.3 is 4.74 Å². The topological polar surface area (TPSA) is 61.8 Å². The molecule has 0 saturated carbocycles. The van der Waals surface area contributed by atoms with Gasteiger partial charge in [-0.25, -0.2) is 4.79 Å². The van der Waals surface area contributed by atoms with Crippen molar-refractivity contribution in [3.05, 3.63) is 12.2 Å². The van der Waals surface area contributed by atoms with Crippen LogP contribution < -0.4 is 0 Å². The Bertz CT molecular complexity index is 226. The molecule has 14 heavy (non-hydrogen) atoms. The van der Waals surface area contributed by atoms with Gasteiger partial charge in [-0.2, -0.15) is 0 Å². The molecule has 1 atom stereocenters. The summed E-state index contributed by atoms with van der Waals surface area (Å²) in [6, 6.07) is 0. The van der Waals surface area contributed by atoms with Crippen LogP contribution in [0.3, 0.4) is 0 Å². The van der Waals surface area contributed by atoms with Gasteiger partial charge in [0.2, 0.25) is 6.79 Å². The highest BCUT2D eigenvalue weighted by Crippen LogP contribution is 2.23. The molecule has 1 unspecified atom stereocenters. The Balaban J connectivity index is 3.49. The first-order chi connectivity index (χ1) is 6.57. The van der Waals surface area contributed by atoms with Crippen LogP contribution in [0.15, 0.2) is 12.2 Å². The molecule has 0 amide bonds. The molecule has 0 radical (unpaired) electrons. The van der Waals surface area contributed by atoms with Gasteiger partial charge in [0, 0.05) is 10.1 Å². The minimum Gasteiger partial charge on any atom is -0.430 e. The molecule has 0 heterocycles. The lowest BCUT2D eigenvalue weighted by molar-refractivity contribution is -0.145. The predicted molar refractivity (Wildman–Crippen MR) is 50.7 cm³/mol.